The van der Waals surface area contributed by atoms with Gasteiger partial charge in [-0.1, -0.05) is 13.8 Å². The molecule has 0 atom stereocenters. The van der Waals surface area contributed by atoms with E-state index in [9.17, 15) is 14.3 Å². The Balaban J connectivity index is 2.38. The highest BCUT2D eigenvalue weighted by Crippen LogP contribution is 2.15. The largest absolute Gasteiger partial charge is 0.493 e. The summed E-state index contributed by atoms with van der Waals surface area (Å²) in [5.74, 6) is 0.0391. The number of aliphatic hydroxyl groups excluding tert-OH is 1. The third-order valence-corrected chi connectivity index (χ3v) is 3.47. The number of hydrogen-bond acceptors (Lipinski definition) is 3. The van der Waals surface area contributed by atoms with Crippen LogP contribution in [0.15, 0.2) is 24.3 Å². The number of benzene rings is 1. The highest BCUT2D eigenvalue weighted by molar-refractivity contribution is 5.76. The normalized spacial score (nSPS) is 11.2. The highest BCUT2D eigenvalue weighted by atomic mass is 19.1. The van der Waals surface area contributed by atoms with Crippen LogP contribution in [0.25, 0.3) is 0 Å². The third kappa shape index (κ3) is 4.81. The van der Waals surface area contributed by atoms with Crippen molar-refractivity contribution in [3.63, 3.8) is 0 Å². The van der Waals surface area contributed by atoms with E-state index in [1.807, 2.05) is 13.8 Å². The molecule has 0 saturated carbocycles. The minimum Gasteiger partial charge on any atom is -0.493 e. The summed E-state index contributed by atoms with van der Waals surface area (Å²) < 4.78 is 18.1. The van der Waals surface area contributed by atoms with Crippen LogP contribution in [0.4, 0.5) is 4.39 Å². The van der Waals surface area contributed by atoms with Gasteiger partial charge in [0.2, 0.25) is 5.91 Å². The number of amides is 1. The molecule has 1 aromatic rings. The Bertz CT molecular complexity index is 407. The van der Waals surface area contributed by atoms with Crippen molar-refractivity contribution in [1.82, 2.24) is 5.32 Å². The van der Waals surface area contributed by atoms with E-state index in [1.165, 1.54) is 24.3 Å². The van der Waals surface area contributed by atoms with Crippen LogP contribution in [0.5, 0.6) is 5.75 Å². The molecule has 1 aromatic carbocycles. The maximum Gasteiger partial charge on any atom is 0.223 e. The van der Waals surface area contributed by atoms with Crippen molar-refractivity contribution in [1.29, 1.82) is 0 Å². The maximum atomic E-state index is 12.7. The second-order valence-corrected chi connectivity index (χ2v) is 4.75. The van der Waals surface area contributed by atoms with E-state index in [-0.39, 0.29) is 31.4 Å². The highest BCUT2D eigenvalue weighted by Gasteiger charge is 2.26. The molecule has 2 N–H and O–H groups in total. The van der Waals surface area contributed by atoms with Crippen LogP contribution in [0, 0.1) is 5.82 Å². The van der Waals surface area contributed by atoms with Gasteiger partial charge in [-0.3, -0.25) is 4.79 Å². The Labute approximate surface area is 119 Å². The Morgan fingerprint density at radius 3 is 2.40 bits per heavy atom. The molecule has 0 spiro atoms. The van der Waals surface area contributed by atoms with E-state index >= 15 is 0 Å². The standard InChI is InChI=1S/C15H22FNO3/c1-3-15(4-2,11-18)17-14(19)9-10-20-13-7-5-12(16)6-8-13/h5-8,18H,3-4,9-11H2,1-2H3,(H,17,19). The summed E-state index contributed by atoms with van der Waals surface area (Å²) in [6, 6.07) is 5.65. The average Bonchev–Trinajstić information content (AvgIpc) is 2.47. The van der Waals surface area contributed by atoms with Crippen molar-refractivity contribution >= 4 is 5.91 Å². The van der Waals surface area contributed by atoms with Gasteiger partial charge in [-0.05, 0) is 37.1 Å². The minimum absolute atomic E-state index is 0.0788. The van der Waals surface area contributed by atoms with E-state index in [2.05, 4.69) is 5.32 Å². The summed E-state index contributed by atoms with van der Waals surface area (Å²) in [4.78, 5) is 11.8. The zero-order valence-corrected chi connectivity index (χ0v) is 12.0. The van der Waals surface area contributed by atoms with Gasteiger partial charge in [0.1, 0.15) is 11.6 Å². The predicted molar refractivity (Wildman–Crippen MR) is 75.1 cm³/mol. The zero-order chi connectivity index (χ0) is 15.0. The Morgan fingerprint density at radius 1 is 1.30 bits per heavy atom. The molecule has 0 unspecified atom stereocenters. The quantitative estimate of drug-likeness (QED) is 0.769. The molecule has 0 aliphatic heterocycles. The molecule has 5 heteroatoms. The van der Waals surface area contributed by atoms with Crippen LogP contribution in [0.3, 0.4) is 0 Å². The molecule has 1 rings (SSSR count). The molecule has 0 aromatic heterocycles. The van der Waals surface area contributed by atoms with Crippen LogP contribution in [-0.4, -0.2) is 29.8 Å². The number of rotatable bonds is 8. The van der Waals surface area contributed by atoms with E-state index < -0.39 is 5.54 Å². The Morgan fingerprint density at radius 2 is 1.90 bits per heavy atom. The number of aliphatic hydroxyl groups is 1. The van der Waals surface area contributed by atoms with Gasteiger partial charge in [-0.25, -0.2) is 4.39 Å². The van der Waals surface area contributed by atoms with Gasteiger partial charge in [-0.15, -0.1) is 0 Å². The average molecular weight is 283 g/mol. The smallest absolute Gasteiger partial charge is 0.223 e. The van der Waals surface area contributed by atoms with Gasteiger partial charge in [0, 0.05) is 0 Å². The number of carbonyl (C=O) groups is 1. The summed E-state index contributed by atoms with van der Waals surface area (Å²) >= 11 is 0. The first-order valence-electron chi connectivity index (χ1n) is 6.85. The van der Waals surface area contributed by atoms with E-state index in [1.54, 1.807) is 0 Å². The van der Waals surface area contributed by atoms with Gasteiger partial charge >= 0.3 is 0 Å². The molecule has 0 fully saturated rings. The van der Waals surface area contributed by atoms with Gasteiger partial charge in [0.15, 0.2) is 0 Å². The lowest BCUT2D eigenvalue weighted by Gasteiger charge is -2.30. The molecule has 1 amide bonds. The zero-order valence-electron chi connectivity index (χ0n) is 12.0. The van der Waals surface area contributed by atoms with E-state index in [4.69, 9.17) is 4.74 Å². The minimum atomic E-state index is -0.549. The molecule has 0 aliphatic carbocycles. The number of halogens is 1. The van der Waals surface area contributed by atoms with Crippen LogP contribution < -0.4 is 10.1 Å². The molecule has 112 valence electrons. The van der Waals surface area contributed by atoms with Crippen LogP contribution >= 0.6 is 0 Å². The first-order valence-corrected chi connectivity index (χ1v) is 6.85. The van der Waals surface area contributed by atoms with Crippen molar-refractivity contribution in [2.75, 3.05) is 13.2 Å². The maximum absolute atomic E-state index is 12.7. The fourth-order valence-corrected chi connectivity index (χ4v) is 1.84. The van der Waals surface area contributed by atoms with Gasteiger partial charge < -0.3 is 15.2 Å². The van der Waals surface area contributed by atoms with Crippen molar-refractivity contribution in [2.24, 2.45) is 0 Å². The van der Waals surface area contributed by atoms with E-state index in [0.29, 0.717) is 18.6 Å². The number of ether oxygens (including phenoxy) is 1. The van der Waals surface area contributed by atoms with Gasteiger partial charge in [0.05, 0.1) is 25.2 Å². The molecule has 0 heterocycles. The Kier molecular flexibility index (Phi) is 6.45. The SMILES string of the molecule is CCC(CC)(CO)NC(=O)CCOc1ccc(F)cc1. The first kappa shape index (κ1) is 16.4. The van der Waals surface area contributed by atoms with Crippen LogP contribution in [0.1, 0.15) is 33.1 Å². The lowest BCUT2D eigenvalue weighted by Crippen LogP contribution is -2.50. The molecule has 20 heavy (non-hydrogen) atoms. The second-order valence-electron chi connectivity index (χ2n) is 4.75. The van der Waals surface area contributed by atoms with Crippen molar-refractivity contribution in [3.8, 4) is 5.75 Å². The molecular weight excluding hydrogens is 261 g/mol. The number of carbonyl (C=O) groups excluding carboxylic acids is 1. The third-order valence-electron chi connectivity index (χ3n) is 3.47. The lowest BCUT2D eigenvalue weighted by molar-refractivity contribution is -0.124. The Hall–Kier alpha value is -1.62. The molecule has 4 nitrogen and oxygen atoms in total. The fraction of sp³-hybridized carbons (Fsp3) is 0.533. The lowest BCUT2D eigenvalue weighted by atomic mass is 9.94. The molecule has 0 radical (unpaired) electrons. The molecule has 0 aliphatic rings. The summed E-state index contributed by atoms with van der Waals surface area (Å²) in [5, 5.41) is 12.2. The number of hydrogen-bond donors (Lipinski definition) is 2. The molecule has 0 bridgehead atoms. The first-order chi connectivity index (χ1) is 9.55. The number of nitrogens with one attached hydrogen (secondary N) is 1. The summed E-state index contributed by atoms with van der Waals surface area (Å²) in [7, 11) is 0. The summed E-state index contributed by atoms with van der Waals surface area (Å²) in [5.41, 5.74) is -0.549. The fourth-order valence-electron chi connectivity index (χ4n) is 1.84. The van der Waals surface area contributed by atoms with Crippen molar-refractivity contribution in [3.05, 3.63) is 30.1 Å². The van der Waals surface area contributed by atoms with Crippen molar-refractivity contribution in [2.45, 2.75) is 38.6 Å². The van der Waals surface area contributed by atoms with Gasteiger partial charge in [-0.2, -0.15) is 0 Å². The van der Waals surface area contributed by atoms with Crippen molar-refractivity contribution < 1.29 is 19.0 Å². The topological polar surface area (TPSA) is 58.6 Å². The molecular formula is C15H22FNO3. The molecule has 0 saturated heterocycles. The summed E-state index contributed by atoms with van der Waals surface area (Å²) in [6.45, 7) is 3.99. The van der Waals surface area contributed by atoms with Gasteiger partial charge in [0.25, 0.3) is 0 Å². The van der Waals surface area contributed by atoms with Crippen LogP contribution in [-0.2, 0) is 4.79 Å². The van der Waals surface area contributed by atoms with E-state index in [0.717, 1.165) is 0 Å². The second kappa shape index (κ2) is 7.85. The van der Waals surface area contributed by atoms with Crippen LogP contribution in [0.2, 0.25) is 0 Å². The predicted octanol–water partition coefficient (Wildman–Crippen LogP) is 2.26. The summed E-state index contributed by atoms with van der Waals surface area (Å²) in [6.07, 6.45) is 1.54. The monoisotopic (exact) mass is 283 g/mol.